The molecule has 0 spiro atoms. The maximum Gasteiger partial charge on any atom is 0.228 e. The van der Waals surface area contributed by atoms with Gasteiger partial charge in [-0.2, -0.15) is 0 Å². The van der Waals surface area contributed by atoms with Gasteiger partial charge in [0.2, 0.25) is 5.91 Å². The molecule has 4 heteroatoms. The Morgan fingerprint density at radius 2 is 1.65 bits per heavy atom. The number of carbonyl (C=O) groups excluding carboxylic acids is 1. The number of methoxy groups -OCH3 is 1. The fourth-order valence-electron chi connectivity index (χ4n) is 1.26. The van der Waals surface area contributed by atoms with Crippen molar-refractivity contribution in [3.8, 4) is 0 Å². The van der Waals surface area contributed by atoms with E-state index in [2.05, 4.69) is 26.1 Å². The molecule has 4 nitrogen and oxygen atoms in total. The van der Waals surface area contributed by atoms with Crippen LogP contribution in [0.4, 0.5) is 0 Å². The van der Waals surface area contributed by atoms with Crippen LogP contribution in [0.25, 0.3) is 0 Å². The Kier molecular flexibility index (Phi) is 12.0. The molecule has 0 bridgehead atoms. The molecule has 0 aromatic heterocycles. The van der Waals surface area contributed by atoms with Gasteiger partial charge in [0.15, 0.2) is 0 Å². The Morgan fingerprint density at radius 1 is 1.10 bits per heavy atom. The second-order valence-corrected chi connectivity index (χ2v) is 6.14. The number of hydrogen-bond donors (Lipinski definition) is 1. The van der Waals surface area contributed by atoms with E-state index >= 15 is 0 Å². The first kappa shape index (κ1) is 21.7. The minimum atomic E-state index is -0.502. The molecule has 122 valence electrons. The van der Waals surface area contributed by atoms with Gasteiger partial charge in [-0.1, -0.05) is 34.6 Å². The standard InChI is InChI=1S/C14H29NO3.C2H6/c1-7-13(2,3)10-18-11-14(4,5)12(16)15-8-9-17-6;1-2/h7-11H2,1-6H3,(H,15,16);1-2H3. The van der Waals surface area contributed by atoms with Crippen LogP contribution in [0.15, 0.2) is 0 Å². The Morgan fingerprint density at radius 3 is 2.10 bits per heavy atom. The minimum Gasteiger partial charge on any atom is -0.383 e. The zero-order valence-electron chi connectivity index (χ0n) is 14.8. The molecular weight excluding hydrogens is 254 g/mol. The summed E-state index contributed by atoms with van der Waals surface area (Å²) in [4.78, 5) is 11.9. The van der Waals surface area contributed by atoms with Gasteiger partial charge in [-0.15, -0.1) is 0 Å². The quantitative estimate of drug-likeness (QED) is 0.663. The molecule has 0 heterocycles. The molecule has 0 aliphatic carbocycles. The molecular formula is C16H35NO3. The monoisotopic (exact) mass is 289 g/mol. The summed E-state index contributed by atoms with van der Waals surface area (Å²) in [6, 6.07) is 0. The highest BCUT2D eigenvalue weighted by molar-refractivity contribution is 5.81. The average molecular weight is 289 g/mol. The van der Waals surface area contributed by atoms with Crippen molar-refractivity contribution in [1.82, 2.24) is 5.32 Å². The van der Waals surface area contributed by atoms with Crippen LogP contribution in [0, 0.1) is 10.8 Å². The number of rotatable bonds is 9. The third-order valence-corrected chi connectivity index (χ3v) is 3.12. The Labute approximate surface area is 125 Å². The van der Waals surface area contributed by atoms with E-state index in [1.54, 1.807) is 7.11 Å². The Hall–Kier alpha value is -0.610. The third kappa shape index (κ3) is 10.2. The van der Waals surface area contributed by atoms with Crippen molar-refractivity contribution in [2.45, 2.75) is 54.9 Å². The van der Waals surface area contributed by atoms with Gasteiger partial charge in [0.1, 0.15) is 0 Å². The van der Waals surface area contributed by atoms with E-state index in [1.807, 2.05) is 27.7 Å². The average Bonchev–Trinajstić information content (AvgIpc) is 2.40. The second kappa shape index (κ2) is 11.1. The lowest BCUT2D eigenvalue weighted by atomic mass is 9.90. The largest absolute Gasteiger partial charge is 0.383 e. The van der Waals surface area contributed by atoms with Crippen LogP contribution in [-0.2, 0) is 14.3 Å². The Balaban J connectivity index is 0. The van der Waals surface area contributed by atoms with Gasteiger partial charge in [0.05, 0.1) is 25.2 Å². The summed E-state index contributed by atoms with van der Waals surface area (Å²) in [5.74, 6) is 0.00820. The minimum absolute atomic E-state index is 0.00820. The SMILES string of the molecule is CC.CCC(C)(C)COCC(C)(C)C(=O)NCCOC. The summed E-state index contributed by atoms with van der Waals surface area (Å²) in [5, 5.41) is 2.84. The number of nitrogens with one attached hydrogen (secondary N) is 1. The van der Waals surface area contributed by atoms with Gasteiger partial charge < -0.3 is 14.8 Å². The summed E-state index contributed by atoms with van der Waals surface area (Å²) in [5.41, 5.74) is -0.333. The van der Waals surface area contributed by atoms with Crippen molar-refractivity contribution in [2.75, 3.05) is 33.5 Å². The van der Waals surface area contributed by atoms with E-state index in [1.165, 1.54) is 0 Å². The molecule has 0 aliphatic heterocycles. The number of ether oxygens (including phenoxy) is 2. The number of amides is 1. The molecule has 0 rings (SSSR count). The van der Waals surface area contributed by atoms with Crippen molar-refractivity contribution in [1.29, 1.82) is 0 Å². The fraction of sp³-hybridized carbons (Fsp3) is 0.938. The maximum absolute atomic E-state index is 11.9. The smallest absolute Gasteiger partial charge is 0.228 e. The van der Waals surface area contributed by atoms with Crippen LogP contribution >= 0.6 is 0 Å². The molecule has 1 amide bonds. The summed E-state index contributed by atoms with van der Waals surface area (Å²) in [6.45, 7) is 16.5. The summed E-state index contributed by atoms with van der Waals surface area (Å²) in [6.07, 6.45) is 1.06. The molecule has 0 fully saturated rings. The van der Waals surface area contributed by atoms with Gasteiger partial charge in [-0.05, 0) is 25.7 Å². The van der Waals surface area contributed by atoms with Gasteiger partial charge in [0, 0.05) is 13.7 Å². The summed E-state index contributed by atoms with van der Waals surface area (Å²) in [7, 11) is 1.62. The van der Waals surface area contributed by atoms with Crippen LogP contribution in [0.5, 0.6) is 0 Å². The van der Waals surface area contributed by atoms with Crippen molar-refractivity contribution in [3.63, 3.8) is 0 Å². The van der Waals surface area contributed by atoms with E-state index in [9.17, 15) is 4.79 Å². The van der Waals surface area contributed by atoms with Crippen LogP contribution in [0.3, 0.4) is 0 Å². The first-order valence-corrected chi connectivity index (χ1v) is 7.60. The van der Waals surface area contributed by atoms with Crippen molar-refractivity contribution >= 4 is 5.91 Å². The molecule has 0 aromatic carbocycles. The third-order valence-electron chi connectivity index (χ3n) is 3.12. The van der Waals surface area contributed by atoms with Crippen LogP contribution < -0.4 is 5.32 Å². The van der Waals surface area contributed by atoms with Gasteiger partial charge in [-0.25, -0.2) is 0 Å². The predicted octanol–water partition coefficient (Wildman–Crippen LogP) is 3.25. The van der Waals surface area contributed by atoms with Gasteiger partial charge in [-0.3, -0.25) is 4.79 Å². The van der Waals surface area contributed by atoms with Crippen LogP contribution in [0.1, 0.15) is 54.9 Å². The highest BCUT2D eigenvalue weighted by Gasteiger charge is 2.28. The van der Waals surface area contributed by atoms with Crippen molar-refractivity contribution < 1.29 is 14.3 Å². The molecule has 0 saturated carbocycles. The maximum atomic E-state index is 11.9. The molecule has 0 radical (unpaired) electrons. The normalized spacial score (nSPS) is 11.6. The zero-order valence-corrected chi connectivity index (χ0v) is 14.8. The molecule has 0 atom stereocenters. The highest BCUT2D eigenvalue weighted by atomic mass is 16.5. The van der Waals surface area contributed by atoms with E-state index in [-0.39, 0.29) is 11.3 Å². The predicted molar refractivity (Wildman–Crippen MR) is 84.9 cm³/mol. The van der Waals surface area contributed by atoms with Crippen molar-refractivity contribution in [2.24, 2.45) is 10.8 Å². The van der Waals surface area contributed by atoms with E-state index in [4.69, 9.17) is 9.47 Å². The lowest BCUT2D eigenvalue weighted by Crippen LogP contribution is -2.41. The van der Waals surface area contributed by atoms with E-state index in [0.29, 0.717) is 26.4 Å². The van der Waals surface area contributed by atoms with Gasteiger partial charge in [0.25, 0.3) is 0 Å². The lowest BCUT2D eigenvalue weighted by molar-refractivity contribution is -0.133. The molecule has 0 aliphatic rings. The van der Waals surface area contributed by atoms with Crippen molar-refractivity contribution in [3.05, 3.63) is 0 Å². The van der Waals surface area contributed by atoms with Gasteiger partial charge >= 0.3 is 0 Å². The number of hydrogen-bond acceptors (Lipinski definition) is 3. The van der Waals surface area contributed by atoms with E-state index in [0.717, 1.165) is 6.42 Å². The molecule has 1 N–H and O–H groups in total. The van der Waals surface area contributed by atoms with Crippen LogP contribution in [-0.4, -0.2) is 39.4 Å². The topological polar surface area (TPSA) is 47.6 Å². The van der Waals surface area contributed by atoms with E-state index < -0.39 is 5.41 Å². The molecule has 0 aromatic rings. The number of carbonyl (C=O) groups is 1. The molecule has 0 saturated heterocycles. The lowest BCUT2D eigenvalue weighted by Gasteiger charge is -2.27. The second-order valence-electron chi connectivity index (χ2n) is 6.14. The Bertz CT molecular complexity index is 250. The highest BCUT2D eigenvalue weighted by Crippen LogP contribution is 2.22. The summed E-state index contributed by atoms with van der Waals surface area (Å²) < 4.78 is 10.6. The summed E-state index contributed by atoms with van der Waals surface area (Å²) >= 11 is 0. The zero-order chi connectivity index (χ0) is 16.2. The first-order valence-electron chi connectivity index (χ1n) is 7.60. The first-order chi connectivity index (χ1) is 9.25. The molecule has 20 heavy (non-hydrogen) atoms. The van der Waals surface area contributed by atoms with Crippen LogP contribution in [0.2, 0.25) is 0 Å². The molecule has 0 unspecified atom stereocenters. The fourth-order valence-corrected chi connectivity index (χ4v) is 1.26.